The lowest BCUT2D eigenvalue weighted by atomic mass is 9.98. The van der Waals surface area contributed by atoms with E-state index in [1.807, 2.05) is 6.07 Å². The highest BCUT2D eigenvalue weighted by Gasteiger charge is 2.23. The van der Waals surface area contributed by atoms with Gasteiger partial charge < -0.3 is 5.11 Å². The number of aromatic nitrogens is 1. The van der Waals surface area contributed by atoms with E-state index in [9.17, 15) is 9.90 Å². The van der Waals surface area contributed by atoms with Gasteiger partial charge in [-0.25, -0.2) is 0 Å². The molecule has 1 heterocycles. The van der Waals surface area contributed by atoms with Gasteiger partial charge in [0.2, 0.25) is 0 Å². The van der Waals surface area contributed by atoms with Gasteiger partial charge in [-0.15, -0.1) is 0 Å². The Balaban J connectivity index is 2.66. The molecule has 0 aliphatic heterocycles. The molecule has 3 nitrogen and oxygen atoms in total. The van der Waals surface area contributed by atoms with Gasteiger partial charge >= 0.3 is 0 Å². The fourth-order valence-electron chi connectivity index (χ4n) is 0.904. The molecule has 0 amide bonds. The molecule has 3 heteroatoms. The van der Waals surface area contributed by atoms with Gasteiger partial charge in [0.05, 0.1) is 0 Å². The minimum absolute atomic E-state index is 0.194. The van der Waals surface area contributed by atoms with Crippen molar-refractivity contribution in [3.63, 3.8) is 0 Å². The van der Waals surface area contributed by atoms with Gasteiger partial charge in [-0.2, -0.15) is 0 Å². The van der Waals surface area contributed by atoms with Crippen LogP contribution in [0.15, 0.2) is 24.5 Å². The number of hydrogen-bond donors (Lipinski definition) is 1. The number of hydrogen-bond acceptors (Lipinski definition) is 3. The van der Waals surface area contributed by atoms with E-state index in [1.165, 1.54) is 13.8 Å². The Morgan fingerprint density at radius 2 is 2.31 bits per heavy atom. The first-order valence-corrected chi connectivity index (χ1v) is 4.15. The summed E-state index contributed by atoms with van der Waals surface area (Å²) in [5.41, 5.74) is -0.426. The van der Waals surface area contributed by atoms with E-state index in [0.717, 1.165) is 5.56 Å². The van der Waals surface area contributed by atoms with Crippen LogP contribution in [-0.2, 0) is 11.2 Å². The van der Waals surface area contributed by atoms with Crippen molar-refractivity contribution in [1.29, 1.82) is 0 Å². The normalized spacial score (nSPS) is 11.3. The first-order valence-electron chi connectivity index (χ1n) is 4.15. The largest absolute Gasteiger partial charge is 0.383 e. The molecule has 1 aromatic heterocycles. The minimum atomic E-state index is -1.25. The van der Waals surface area contributed by atoms with Gasteiger partial charge in [0.1, 0.15) is 5.60 Å². The van der Waals surface area contributed by atoms with E-state index in [4.69, 9.17) is 0 Å². The average molecular weight is 179 g/mol. The molecule has 0 spiro atoms. The Morgan fingerprint density at radius 3 is 2.77 bits per heavy atom. The van der Waals surface area contributed by atoms with Crippen molar-refractivity contribution in [3.8, 4) is 0 Å². The molecular weight excluding hydrogens is 166 g/mol. The summed E-state index contributed by atoms with van der Waals surface area (Å²) in [6.45, 7) is 2.98. The molecule has 0 atom stereocenters. The van der Waals surface area contributed by atoms with Gasteiger partial charge in [-0.05, 0) is 25.5 Å². The summed E-state index contributed by atoms with van der Waals surface area (Å²) in [4.78, 5) is 15.2. The second kappa shape index (κ2) is 3.66. The van der Waals surface area contributed by atoms with Crippen LogP contribution in [0.5, 0.6) is 0 Å². The maximum Gasteiger partial charge on any atom is 0.168 e. The predicted octanol–water partition coefficient (Wildman–Crippen LogP) is 0.964. The van der Waals surface area contributed by atoms with Crippen LogP contribution >= 0.6 is 0 Å². The van der Waals surface area contributed by atoms with E-state index in [1.54, 1.807) is 18.5 Å². The van der Waals surface area contributed by atoms with Gasteiger partial charge in [0.15, 0.2) is 5.78 Å². The molecule has 0 saturated carbocycles. The molecule has 0 saturated heterocycles. The molecular formula is C10H13NO2. The van der Waals surface area contributed by atoms with E-state index >= 15 is 0 Å². The number of ketones is 1. The third kappa shape index (κ3) is 2.95. The zero-order chi connectivity index (χ0) is 9.90. The van der Waals surface area contributed by atoms with Gasteiger partial charge in [-0.1, -0.05) is 6.07 Å². The number of carbonyl (C=O) groups is 1. The lowest BCUT2D eigenvalue weighted by Gasteiger charge is -2.14. The van der Waals surface area contributed by atoms with Crippen molar-refractivity contribution in [2.45, 2.75) is 25.9 Å². The minimum Gasteiger partial charge on any atom is -0.383 e. The van der Waals surface area contributed by atoms with E-state index in [2.05, 4.69) is 4.98 Å². The van der Waals surface area contributed by atoms with E-state index in [0.29, 0.717) is 0 Å². The number of aliphatic hydroxyl groups is 1. The SMILES string of the molecule is CC(C)(O)C(=O)Cc1cccnc1. The Hall–Kier alpha value is -1.22. The number of carbonyl (C=O) groups excluding carboxylic acids is 1. The number of Topliss-reactive ketones (excluding diaryl/α,β-unsaturated/α-hetero) is 1. The lowest BCUT2D eigenvalue weighted by molar-refractivity contribution is -0.133. The number of nitrogens with zero attached hydrogens (tertiary/aromatic N) is 1. The van der Waals surface area contributed by atoms with Gasteiger partial charge in [0, 0.05) is 18.8 Å². The van der Waals surface area contributed by atoms with Crippen molar-refractivity contribution in [2.24, 2.45) is 0 Å². The second-order valence-corrected chi connectivity index (χ2v) is 3.52. The summed E-state index contributed by atoms with van der Waals surface area (Å²) in [5.74, 6) is -0.194. The Kier molecular flexibility index (Phi) is 2.78. The molecule has 1 aromatic rings. The number of pyridine rings is 1. The fourth-order valence-corrected chi connectivity index (χ4v) is 0.904. The van der Waals surface area contributed by atoms with E-state index < -0.39 is 5.60 Å². The first kappa shape index (κ1) is 9.86. The highest BCUT2D eigenvalue weighted by Crippen LogP contribution is 2.08. The summed E-state index contributed by atoms with van der Waals surface area (Å²) >= 11 is 0. The van der Waals surface area contributed by atoms with Gasteiger partial charge in [0.25, 0.3) is 0 Å². The Bertz CT molecular complexity index is 288. The van der Waals surface area contributed by atoms with Gasteiger partial charge in [-0.3, -0.25) is 9.78 Å². The summed E-state index contributed by atoms with van der Waals surface area (Å²) in [6, 6.07) is 3.59. The topological polar surface area (TPSA) is 50.2 Å². The Labute approximate surface area is 77.4 Å². The molecule has 0 bridgehead atoms. The van der Waals surface area contributed by atoms with Crippen molar-refractivity contribution in [1.82, 2.24) is 4.98 Å². The summed E-state index contributed by atoms with van der Waals surface area (Å²) in [5, 5.41) is 9.38. The van der Waals surface area contributed by atoms with Crippen LogP contribution in [0.25, 0.3) is 0 Å². The summed E-state index contributed by atoms with van der Waals surface area (Å²) < 4.78 is 0. The van der Waals surface area contributed by atoms with Crippen LogP contribution in [0.3, 0.4) is 0 Å². The average Bonchev–Trinajstić information content (AvgIpc) is 2.04. The van der Waals surface area contributed by atoms with Crippen molar-refractivity contribution in [2.75, 3.05) is 0 Å². The lowest BCUT2D eigenvalue weighted by Crippen LogP contribution is -2.32. The molecule has 1 N–H and O–H groups in total. The van der Waals surface area contributed by atoms with Crippen molar-refractivity contribution >= 4 is 5.78 Å². The fraction of sp³-hybridized carbons (Fsp3) is 0.400. The molecule has 13 heavy (non-hydrogen) atoms. The van der Waals surface area contributed by atoms with Crippen LogP contribution in [0.4, 0.5) is 0 Å². The molecule has 1 rings (SSSR count). The van der Waals surface area contributed by atoms with Crippen LogP contribution < -0.4 is 0 Å². The predicted molar refractivity (Wildman–Crippen MR) is 49.2 cm³/mol. The summed E-state index contributed by atoms with van der Waals surface area (Å²) in [6.07, 6.45) is 3.51. The Morgan fingerprint density at radius 1 is 1.62 bits per heavy atom. The first-order chi connectivity index (χ1) is 6.00. The van der Waals surface area contributed by atoms with Crippen LogP contribution in [-0.4, -0.2) is 21.5 Å². The van der Waals surface area contributed by atoms with Crippen LogP contribution in [0, 0.1) is 0 Å². The third-order valence-corrected chi connectivity index (χ3v) is 1.77. The zero-order valence-corrected chi connectivity index (χ0v) is 7.82. The highest BCUT2D eigenvalue weighted by molar-refractivity contribution is 5.87. The van der Waals surface area contributed by atoms with Crippen molar-refractivity contribution < 1.29 is 9.90 Å². The molecule has 0 aromatic carbocycles. The molecule has 0 fully saturated rings. The van der Waals surface area contributed by atoms with E-state index in [-0.39, 0.29) is 12.2 Å². The molecule has 70 valence electrons. The molecule has 0 aliphatic rings. The zero-order valence-electron chi connectivity index (χ0n) is 7.82. The summed E-state index contributed by atoms with van der Waals surface area (Å²) in [7, 11) is 0. The molecule has 0 radical (unpaired) electrons. The van der Waals surface area contributed by atoms with Crippen LogP contribution in [0.2, 0.25) is 0 Å². The molecule has 0 aliphatic carbocycles. The molecule has 0 unspecified atom stereocenters. The smallest absolute Gasteiger partial charge is 0.168 e. The number of rotatable bonds is 3. The second-order valence-electron chi connectivity index (χ2n) is 3.52. The third-order valence-electron chi connectivity index (χ3n) is 1.77. The monoisotopic (exact) mass is 179 g/mol. The maximum atomic E-state index is 11.4. The highest BCUT2D eigenvalue weighted by atomic mass is 16.3. The van der Waals surface area contributed by atoms with Crippen molar-refractivity contribution in [3.05, 3.63) is 30.1 Å². The van der Waals surface area contributed by atoms with Crippen LogP contribution in [0.1, 0.15) is 19.4 Å². The standard InChI is InChI=1S/C10H13NO2/c1-10(2,13)9(12)6-8-4-3-5-11-7-8/h3-5,7,13H,6H2,1-2H3. The quantitative estimate of drug-likeness (QED) is 0.752. The maximum absolute atomic E-state index is 11.4.